The topological polar surface area (TPSA) is 237 Å². The summed E-state index contributed by atoms with van der Waals surface area (Å²) in [5.74, 6) is -2.35. The van der Waals surface area contributed by atoms with E-state index in [0.29, 0.717) is 38.5 Å². The number of aliphatic hydroxyl groups excluding tert-OH is 1. The molecule has 0 saturated carbocycles. The third-order valence-electron chi connectivity index (χ3n) is 15.2. The second-order valence-electron chi connectivity index (χ2n) is 24.8. The molecule has 0 aliphatic heterocycles. The molecule has 0 aliphatic rings. The molecule has 578 valence electrons. The van der Waals surface area contributed by atoms with Gasteiger partial charge in [0.25, 0.3) is 0 Å². The van der Waals surface area contributed by atoms with Crippen molar-refractivity contribution < 1.29 is 80.2 Å². The fourth-order valence-corrected chi connectivity index (χ4v) is 11.0. The first-order valence-corrected chi connectivity index (χ1v) is 41.4. The monoisotopic (exact) mass is 1460 g/mol. The summed E-state index contributed by atoms with van der Waals surface area (Å²) in [4.78, 5) is 72.8. The van der Waals surface area contributed by atoms with Crippen LogP contribution in [-0.4, -0.2) is 96.7 Å². The maximum absolute atomic E-state index is 13.1. The maximum Gasteiger partial charge on any atom is 0.472 e. The summed E-state index contributed by atoms with van der Waals surface area (Å²) in [5, 5.41) is 10.6. The van der Waals surface area contributed by atoms with Gasteiger partial charge >= 0.3 is 39.5 Å². The van der Waals surface area contributed by atoms with Crippen molar-refractivity contribution in [2.45, 2.75) is 290 Å². The number of ether oxygens (including phenoxy) is 4. The molecule has 0 amide bonds. The van der Waals surface area contributed by atoms with Gasteiger partial charge in [-0.05, 0) is 141 Å². The van der Waals surface area contributed by atoms with Crippen LogP contribution in [0.25, 0.3) is 0 Å². The van der Waals surface area contributed by atoms with Gasteiger partial charge in [-0.3, -0.25) is 37.3 Å². The molecule has 0 spiro atoms. The minimum atomic E-state index is -5.01. The fourth-order valence-electron chi connectivity index (χ4n) is 9.46. The predicted molar refractivity (Wildman–Crippen MR) is 417 cm³/mol. The van der Waals surface area contributed by atoms with Gasteiger partial charge in [0.15, 0.2) is 12.2 Å². The molecule has 0 radical (unpaired) electrons. The number of hydrogen-bond donors (Lipinski definition) is 3. The number of carbonyl (C=O) groups excluding carboxylic acids is 4. The van der Waals surface area contributed by atoms with E-state index in [0.717, 1.165) is 141 Å². The van der Waals surface area contributed by atoms with Crippen LogP contribution in [0.3, 0.4) is 0 Å². The third kappa shape index (κ3) is 72.8. The van der Waals surface area contributed by atoms with Crippen LogP contribution in [0.1, 0.15) is 272 Å². The Morgan fingerprint density at radius 1 is 0.284 bits per heavy atom. The zero-order valence-corrected chi connectivity index (χ0v) is 64.8. The SMILES string of the molecule is CC/C=C\C/C=C\C/C=C\C/C=C\C/C=C\CCCC(=O)OCC(COP(=O)(O)OCC(O)COP(=O)(O)OCC(COC(=O)CCC/C=C\C/C=C\C/C=C\C/C=C\C/C=C\CC)OC(=O)CCCCCCCCCCCCC)OC(=O)CCCCCC/C=C\C/C=C\C/C=C\C/C=C\CC. The Morgan fingerprint density at radius 3 is 0.814 bits per heavy atom. The van der Waals surface area contributed by atoms with E-state index in [9.17, 15) is 43.2 Å². The summed E-state index contributed by atoms with van der Waals surface area (Å²) in [6.07, 6.45) is 86.5. The molecule has 0 fully saturated rings. The van der Waals surface area contributed by atoms with Crippen molar-refractivity contribution in [1.82, 2.24) is 0 Å². The normalized spacial score (nSPS) is 14.9. The Kier molecular flexibility index (Phi) is 69.7. The van der Waals surface area contributed by atoms with Gasteiger partial charge in [-0.15, -0.1) is 0 Å². The molecule has 3 N–H and O–H groups in total. The summed E-state index contributed by atoms with van der Waals surface area (Å²) in [7, 11) is -10.0. The summed E-state index contributed by atoms with van der Waals surface area (Å²) >= 11 is 0. The average molecular weight is 1470 g/mol. The third-order valence-corrected chi connectivity index (χ3v) is 17.1. The number of esters is 4. The number of rotatable bonds is 70. The molecule has 102 heavy (non-hydrogen) atoms. The van der Waals surface area contributed by atoms with Gasteiger partial charge in [0.1, 0.15) is 19.3 Å². The fraction of sp³-hybridized carbons (Fsp3) is 0.614. The highest BCUT2D eigenvalue weighted by Gasteiger charge is 2.30. The van der Waals surface area contributed by atoms with E-state index in [1.807, 2.05) is 24.3 Å². The highest BCUT2D eigenvalue weighted by molar-refractivity contribution is 7.47. The Bertz CT molecular complexity index is 2600. The molecule has 0 aliphatic carbocycles. The molecule has 5 atom stereocenters. The number of phosphoric ester groups is 2. The van der Waals surface area contributed by atoms with Crippen molar-refractivity contribution in [1.29, 1.82) is 0 Å². The number of allylic oxidation sites excluding steroid dienone is 28. The Morgan fingerprint density at radius 2 is 0.520 bits per heavy atom. The minimum absolute atomic E-state index is 0.0474. The largest absolute Gasteiger partial charge is 0.472 e. The van der Waals surface area contributed by atoms with Gasteiger partial charge in [0.2, 0.25) is 0 Å². The second-order valence-corrected chi connectivity index (χ2v) is 27.7. The van der Waals surface area contributed by atoms with Crippen molar-refractivity contribution in [3.8, 4) is 0 Å². The van der Waals surface area contributed by atoms with Crippen molar-refractivity contribution in [3.05, 3.63) is 170 Å². The number of aliphatic hydroxyl groups is 1. The van der Waals surface area contributed by atoms with E-state index < -0.39 is 97.5 Å². The molecular weight excluding hydrogens is 1330 g/mol. The lowest BCUT2D eigenvalue weighted by Crippen LogP contribution is -2.30. The number of unbranched alkanes of at least 4 members (excludes halogenated alkanes) is 16. The van der Waals surface area contributed by atoms with Gasteiger partial charge < -0.3 is 33.8 Å². The summed E-state index contributed by atoms with van der Waals surface area (Å²) in [6.45, 7) is 4.34. The lowest BCUT2D eigenvalue weighted by molar-refractivity contribution is -0.161. The zero-order chi connectivity index (χ0) is 74.6. The number of carbonyl (C=O) groups is 4. The zero-order valence-electron chi connectivity index (χ0n) is 63.0. The molecule has 0 aromatic rings. The van der Waals surface area contributed by atoms with Crippen LogP contribution in [0, 0.1) is 0 Å². The van der Waals surface area contributed by atoms with Gasteiger partial charge in [0.05, 0.1) is 26.4 Å². The minimum Gasteiger partial charge on any atom is -0.462 e. The average Bonchev–Trinajstić information content (AvgIpc) is 0.994. The molecule has 5 unspecified atom stereocenters. The first kappa shape index (κ1) is 96.4. The van der Waals surface area contributed by atoms with Crippen LogP contribution >= 0.6 is 15.6 Å². The van der Waals surface area contributed by atoms with Crippen LogP contribution in [0.4, 0.5) is 0 Å². The van der Waals surface area contributed by atoms with E-state index in [4.69, 9.17) is 37.0 Å². The molecule has 0 saturated heterocycles. The smallest absolute Gasteiger partial charge is 0.462 e. The second kappa shape index (κ2) is 73.7. The quantitative estimate of drug-likeness (QED) is 0.0169. The van der Waals surface area contributed by atoms with Crippen molar-refractivity contribution in [3.63, 3.8) is 0 Å². The highest BCUT2D eigenvalue weighted by atomic mass is 31.2. The maximum atomic E-state index is 13.1. The summed E-state index contributed by atoms with van der Waals surface area (Å²) < 4.78 is 68.3. The highest BCUT2D eigenvalue weighted by Crippen LogP contribution is 2.45. The lowest BCUT2D eigenvalue weighted by Gasteiger charge is -2.21. The van der Waals surface area contributed by atoms with Crippen molar-refractivity contribution in [2.75, 3.05) is 39.6 Å². The van der Waals surface area contributed by atoms with Crippen LogP contribution in [0.15, 0.2) is 170 Å². The van der Waals surface area contributed by atoms with Crippen LogP contribution in [0.5, 0.6) is 0 Å². The summed E-state index contributed by atoms with van der Waals surface area (Å²) in [6, 6.07) is 0. The Hall–Kier alpha value is -5.58. The first-order chi connectivity index (χ1) is 49.7. The van der Waals surface area contributed by atoms with Crippen LogP contribution < -0.4 is 0 Å². The van der Waals surface area contributed by atoms with Crippen molar-refractivity contribution in [2.24, 2.45) is 0 Å². The molecule has 0 aromatic heterocycles. The number of phosphoric acid groups is 2. The predicted octanol–water partition coefficient (Wildman–Crippen LogP) is 22.2. The van der Waals surface area contributed by atoms with Crippen molar-refractivity contribution >= 4 is 39.5 Å². The molecule has 0 rings (SSSR count). The molecule has 0 aromatic carbocycles. The molecule has 17 nitrogen and oxygen atoms in total. The van der Waals surface area contributed by atoms with Crippen LogP contribution in [-0.2, 0) is 65.4 Å². The van der Waals surface area contributed by atoms with E-state index in [-0.39, 0.29) is 25.7 Å². The van der Waals surface area contributed by atoms with Gasteiger partial charge in [0, 0.05) is 25.7 Å². The summed E-state index contributed by atoms with van der Waals surface area (Å²) in [5.41, 5.74) is 0. The molecule has 19 heteroatoms. The van der Waals surface area contributed by atoms with Gasteiger partial charge in [-0.1, -0.05) is 275 Å². The number of hydrogen-bond acceptors (Lipinski definition) is 15. The molecular formula is C83H134O17P2. The standard InChI is InChI=1S/C83H134O17P2/c1-5-9-13-17-21-25-29-32-35-38-41-44-48-51-55-59-63-67-80(85)93-73-78(99-82(87)69-65-61-57-53-47-28-24-20-16-12-8-4)75-97-101(89,90)95-71-77(84)72-96-102(91,92)98-76-79(100-83(88)70-66-62-58-54-50-46-43-40-37-34-31-27-23-19-15-11-7-3)74-94-81(86)68-64-60-56-52-49-45-42-39-36-33-30-26-22-18-14-10-6-2/h9-11,13-15,21-23,25-27,32-37,41-46,51-52,55-56,77-79,84H,5-8,12,16-20,24,28-31,38-40,47-50,53-54,57-76H2,1-4H3,(H,89,90)(H,91,92)/b13-9-,14-10-,15-11-,25-21-,26-22-,27-23-,35-32-,36-33-,37-34-,44-41-,45-42-,46-43-,55-51-,56-52-. The van der Waals surface area contributed by atoms with E-state index in [1.54, 1.807) is 0 Å². The Balaban J connectivity index is 5.47. The van der Waals surface area contributed by atoms with Gasteiger partial charge in [-0.2, -0.15) is 0 Å². The van der Waals surface area contributed by atoms with Crippen LogP contribution in [0.2, 0.25) is 0 Å². The van der Waals surface area contributed by atoms with E-state index in [2.05, 4.69) is 174 Å². The lowest BCUT2D eigenvalue weighted by atomic mass is 10.1. The van der Waals surface area contributed by atoms with E-state index >= 15 is 0 Å². The molecule has 0 heterocycles. The van der Waals surface area contributed by atoms with Gasteiger partial charge in [-0.25, -0.2) is 9.13 Å². The molecule has 0 bridgehead atoms. The first-order valence-electron chi connectivity index (χ1n) is 38.4. The van der Waals surface area contributed by atoms with E-state index in [1.165, 1.54) is 38.5 Å². The Labute approximate surface area is 616 Å².